The second kappa shape index (κ2) is 4.53. The van der Waals surface area contributed by atoms with Crippen molar-refractivity contribution < 1.29 is 9.59 Å². The van der Waals surface area contributed by atoms with E-state index in [4.69, 9.17) is 0 Å². The first-order valence-corrected chi connectivity index (χ1v) is 5.86. The van der Waals surface area contributed by atoms with E-state index in [0.29, 0.717) is 29.7 Å². The third-order valence-corrected chi connectivity index (χ3v) is 3.01. The van der Waals surface area contributed by atoms with E-state index in [9.17, 15) is 9.59 Å². The van der Waals surface area contributed by atoms with Gasteiger partial charge in [0, 0.05) is 11.1 Å². The number of benzene rings is 1. The lowest BCUT2D eigenvalue weighted by atomic mass is 10.1. The lowest BCUT2D eigenvalue weighted by Gasteiger charge is -2.14. The first kappa shape index (κ1) is 11.6. The van der Waals surface area contributed by atoms with Crippen LogP contribution in [-0.4, -0.2) is 11.8 Å². The number of hydrogen-bond donors (Lipinski definition) is 0. The molecular weight excluding hydrogens is 214 g/mol. The minimum Gasteiger partial charge on any atom is -0.269 e. The molecule has 88 valence electrons. The topological polar surface area (TPSA) is 37.4 Å². The van der Waals surface area contributed by atoms with Gasteiger partial charge in [-0.05, 0) is 25.0 Å². The van der Waals surface area contributed by atoms with Gasteiger partial charge in [0.1, 0.15) is 0 Å². The summed E-state index contributed by atoms with van der Waals surface area (Å²) in [5, 5.41) is 0. The van der Waals surface area contributed by atoms with Crippen molar-refractivity contribution in [3.63, 3.8) is 0 Å². The Labute approximate surface area is 101 Å². The summed E-state index contributed by atoms with van der Waals surface area (Å²) >= 11 is 0. The average Bonchev–Trinajstić information content (AvgIpc) is 2.60. The summed E-state index contributed by atoms with van der Waals surface area (Å²) < 4.78 is 0. The van der Waals surface area contributed by atoms with Gasteiger partial charge < -0.3 is 0 Å². The van der Waals surface area contributed by atoms with Crippen molar-refractivity contribution in [2.75, 3.05) is 4.90 Å². The first-order chi connectivity index (χ1) is 8.20. The fourth-order valence-corrected chi connectivity index (χ4v) is 2.16. The molecule has 1 aromatic carbocycles. The molecule has 3 nitrogen and oxygen atoms in total. The molecular formula is C14H15NO2. The SMILES string of the molecule is CCC1=C(CC)C(=O)N(c2ccccc2)C1=O. The number of carbonyl (C=O) groups excluding carboxylic acids is 2. The van der Waals surface area contributed by atoms with E-state index in [1.807, 2.05) is 32.0 Å². The predicted molar refractivity (Wildman–Crippen MR) is 66.5 cm³/mol. The molecule has 0 atom stereocenters. The van der Waals surface area contributed by atoms with Gasteiger partial charge in [0.05, 0.1) is 5.69 Å². The van der Waals surface area contributed by atoms with Crippen LogP contribution in [0.25, 0.3) is 0 Å². The molecule has 2 rings (SSSR count). The van der Waals surface area contributed by atoms with Gasteiger partial charge in [0.2, 0.25) is 0 Å². The number of nitrogens with zero attached hydrogens (tertiary/aromatic N) is 1. The Morgan fingerprint density at radius 1 is 0.882 bits per heavy atom. The Hall–Kier alpha value is -1.90. The zero-order chi connectivity index (χ0) is 12.4. The van der Waals surface area contributed by atoms with Crippen LogP contribution in [0.1, 0.15) is 26.7 Å². The highest BCUT2D eigenvalue weighted by atomic mass is 16.2. The highest BCUT2D eigenvalue weighted by molar-refractivity contribution is 6.32. The highest BCUT2D eigenvalue weighted by Gasteiger charge is 2.36. The minimum absolute atomic E-state index is 0.166. The summed E-state index contributed by atoms with van der Waals surface area (Å²) in [4.78, 5) is 25.6. The van der Waals surface area contributed by atoms with Crippen molar-refractivity contribution in [3.8, 4) is 0 Å². The molecule has 0 saturated carbocycles. The molecule has 0 saturated heterocycles. The van der Waals surface area contributed by atoms with Crippen LogP contribution in [0, 0.1) is 0 Å². The van der Waals surface area contributed by atoms with Crippen LogP contribution in [-0.2, 0) is 9.59 Å². The molecule has 3 heteroatoms. The Morgan fingerprint density at radius 2 is 1.35 bits per heavy atom. The molecule has 1 aliphatic heterocycles. The van der Waals surface area contributed by atoms with E-state index >= 15 is 0 Å². The van der Waals surface area contributed by atoms with Crippen LogP contribution < -0.4 is 4.90 Å². The van der Waals surface area contributed by atoms with Crippen LogP contribution in [0.3, 0.4) is 0 Å². The normalized spacial score (nSPS) is 16.0. The molecule has 0 fully saturated rings. The standard InChI is InChI=1S/C14H15NO2/c1-3-11-12(4-2)14(17)15(13(11)16)10-8-6-5-7-9-10/h5-9H,3-4H2,1-2H3. The van der Waals surface area contributed by atoms with E-state index in [0.717, 1.165) is 0 Å². The van der Waals surface area contributed by atoms with Crippen molar-refractivity contribution in [2.45, 2.75) is 26.7 Å². The summed E-state index contributed by atoms with van der Waals surface area (Å²) in [6, 6.07) is 9.07. The second-order valence-electron chi connectivity index (χ2n) is 3.95. The molecule has 1 heterocycles. The zero-order valence-corrected chi connectivity index (χ0v) is 10.1. The number of carbonyl (C=O) groups is 2. The molecule has 0 aromatic heterocycles. The van der Waals surface area contributed by atoms with Crippen LogP contribution in [0.4, 0.5) is 5.69 Å². The van der Waals surface area contributed by atoms with E-state index in [-0.39, 0.29) is 11.8 Å². The van der Waals surface area contributed by atoms with E-state index in [1.54, 1.807) is 12.1 Å². The van der Waals surface area contributed by atoms with E-state index < -0.39 is 0 Å². The molecule has 0 spiro atoms. The minimum atomic E-state index is -0.166. The maximum Gasteiger partial charge on any atom is 0.261 e. The fraction of sp³-hybridized carbons (Fsp3) is 0.286. The monoisotopic (exact) mass is 229 g/mol. The molecule has 17 heavy (non-hydrogen) atoms. The van der Waals surface area contributed by atoms with Crippen molar-refractivity contribution in [1.82, 2.24) is 0 Å². The molecule has 1 aromatic rings. The molecule has 1 aliphatic rings. The molecule has 0 bridgehead atoms. The van der Waals surface area contributed by atoms with Gasteiger partial charge in [-0.15, -0.1) is 0 Å². The van der Waals surface area contributed by atoms with Crippen molar-refractivity contribution >= 4 is 17.5 Å². The second-order valence-corrected chi connectivity index (χ2v) is 3.95. The number of imide groups is 1. The fourth-order valence-electron chi connectivity index (χ4n) is 2.16. The first-order valence-electron chi connectivity index (χ1n) is 5.86. The molecule has 0 aliphatic carbocycles. The molecule has 0 N–H and O–H groups in total. The molecule has 0 radical (unpaired) electrons. The zero-order valence-electron chi connectivity index (χ0n) is 10.1. The van der Waals surface area contributed by atoms with Gasteiger partial charge in [0.15, 0.2) is 0 Å². The maximum atomic E-state index is 12.2. The van der Waals surface area contributed by atoms with Gasteiger partial charge in [-0.2, -0.15) is 0 Å². The van der Waals surface area contributed by atoms with Crippen LogP contribution >= 0.6 is 0 Å². The smallest absolute Gasteiger partial charge is 0.261 e. The number of amides is 2. The van der Waals surface area contributed by atoms with Crippen LogP contribution in [0.2, 0.25) is 0 Å². The quantitative estimate of drug-likeness (QED) is 0.747. The number of rotatable bonds is 3. The Morgan fingerprint density at radius 3 is 1.76 bits per heavy atom. The number of para-hydroxylation sites is 1. The molecule has 0 unspecified atom stereocenters. The Kier molecular flexibility index (Phi) is 3.09. The van der Waals surface area contributed by atoms with E-state index in [2.05, 4.69) is 0 Å². The Balaban J connectivity index is 2.43. The predicted octanol–water partition coefficient (Wildman–Crippen LogP) is 2.68. The summed E-state index contributed by atoms with van der Waals surface area (Å²) in [6.45, 7) is 3.81. The van der Waals surface area contributed by atoms with Crippen LogP contribution in [0.5, 0.6) is 0 Å². The van der Waals surface area contributed by atoms with Crippen molar-refractivity contribution in [3.05, 3.63) is 41.5 Å². The van der Waals surface area contributed by atoms with Gasteiger partial charge in [-0.3, -0.25) is 9.59 Å². The average molecular weight is 229 g/mol. The summed E-state index contributed by atoms with van der Waals surface area (Å²) in [6.07, 6.45) is 1.22. The summed E-state index contributed by atoms with van der Waals surface area (Å²) in [5.74, 6) is -0.332. The third kappa shape index (κ3) is 1.78. The summed E-state index contributed by atoms with van der Waals surface area (Å²) in [7, 11) is 0. The number of anilines is 1. The number of hydrogen-bond acceptors (Lipinski definition) is 2. The molecule has 2 amide bonds. The van der Waals surface area contributed by atoms with Gasteiger partial charge >= 0.3 is 0 Å². The maximum absolute atomic E-state index is 12.2. The van der Waals surface area contributed by atoms with E-state index in [1.165, 1.54) is 4.90 Å². The van der Waals surface area contributed by atoms with Gasteiger partial charge in [0.25, 0.3) is 11.8 Å². The largest absolute Gasteiger partial charge is 0.269 e. The lowest BCUT2D eigenvalue weighted by molar-refractivity contribution is -0.120. The van der Waals surface area contributed by atoms with Gasteiger partial charge in [-0.1, -0.05) is 32.0 Å². The Bertz CT molecular complexity index is 462. The van der Waals surface area contributed by atoms with Crippen molar-refractivity contribution in [1.29, 1.82) is 0 Å². The lowest BCUT2D eigenvalue weighted by Crippen LogP contribution is -2.31. The summed E-state index contributed by atoms with van der Waals surface area (Å²) in [5.41, 5.74) is 1.96. The third-order valence-electron chi connectivity index (χ3n) is 3.01. The van der Waals surface area contributed by atoms with Gasteiger partial charge in [-0.25, -0.2) is 4.90 Å². The highest BCUT2D eigenvalue weighted by Crippen LogP contribution is 2.29. The van der Waals surface area contributed by atoms with Crippen molar-refractivity contribution in [2.24, 2.45) is 0 Å². The van der Waals surface area contributed by atoms with Crippen LogP contribution in [0.15, 0.2) is 41.5 Å².